The van der Waals surface area contributed by atoms with E-state index in [9.17, 15) is 0 Å². The Labute approximate surface area is 221 Å². The standard InChI is InChI=1S/2C14H15.2CH3.2ClH.Hf.H2Si/c2*1-9-3-4-10(2)14-8-12(7-13(9)14)11-5-6-11;;;;;;/h2*3-4,7-8,11H,5-6H2,1-2H3;2*1H3;2*1H;;1H2. The van der Waals surface area contributed by atoms with Crippen LogP contribution in [-0.2, 0) is 17.1 Å². The molecule has 2 atom stereocenters. The molecule has 2 aromatic rings. The van der Waals surface area contributed by atoms with Gasteiger partial charge in [-0.15, -0.1) is 24.8 Å². The minimum atomic E-state index is -3.56. The van der Waals surface area contributed by atoms with Crippen LogP contribution in [0.3, 0.4) is 0 Å². The second-order valence-electron chi connectivity index (χ2n) is 12.7. The summed E-state index contributed by atoms with van der Waals surface area (Å²) >= 11 is -3.56. The van der Waals surface area contributed by atoms with Gasteiger partial charge in [-0.2, -0.15) is 0 Å². The molecule has 0 amide bonds. The van der Waals surface area contributed by atoms with Crippen molar-refractivity contribution in [1.29, 1.82) is 0 Å². The number of hydrogen-bond donors (Lipinski definition) is 0. The Morgan fingerprint density at radius 1 is 0.618 bits per heavy atom. The Bertz CT molecular complexity index is 1220. The van der Waals surface area contributed by atoms with Gasteiger partial charge in [-0.05, 0) is 0 Å². The van der Waals surface area contributed by atoms with Gasteiger partial charge in [0.2, 0.25) is 0 Å². The molecule has 0 saturated heterocycles. The summed E-state index contributed by atoms with van der Waals surface area (Å²) in [5.41, 5.74) is 16.4. The molecule has 0 nitrogen and oxygen atoms in total. The summed E-state index contributed by atoms with van der Waals surface area (Å²) in [6.07, 6.45) is 11.0. The van der Waals surface area contributed by atoms with Crippen molar-refractivity contribution in [2.45, 2.75) is 70.1 Å². The minimum Gasteiger partial charge on any atom is -0.147 e. The molecule has 2 saturated carbocycles. The largest absolute Gasteiger partial charge is 0.147 e. The van der Waals surface area contributed by atoms with Crippen LogP contribution in [0.1, 0.15) is 77.5 Å². The van der Waals surface area contributed by atoms with Crippen molar-refractivity contribution in [2.75, 3.05) is 0 Å². The molecule has 2 unspecified atom stereocenters. The van der Waals surface area contributed by atoms with E-state index >= 15 is 0 Å². The zero-order valence-corrected chi connectivity index (χ0v) is 28.3. The molecule has 0 N–H and O–H groups in total. The molecule has 0 radical (unpaired) electrons. The van der Waals surface area contributed by atoms with Gasteiger partial charge in [-0.3, -0.25) is 0 Å². The Hall–Kier alpha value is -0.413. The van der Waals surface area contributed by atoms with E-state index in [0.29, 0.717) is 7.35 Å². The summed E-state index contributed by atoms with van der Waals surface area (Å²) < 4.78 is 7.13. The first-order valence-corrected chi connectivity index (χ1v) is 32.4. The van der Waals surface area contributed by atoms with E-state index in [1.165, 1.54) is 47.9 Å². The van der Waals surface area contributed by atoms with E-state index in [2.05, 4.69) is 80.4 Å². The fourth-order valence-electron chi connectivity index (χ4n) is 7.44. The maximum absolute atomic E-state index is 3.56. The summed E-state index contributed by atoms with van der Waals surface area (Å²) in [7, 11) is 0. The summed E-state index contributed by atoms with van der Waals surface area (Å²) in [6, 6.07) is 9.55. The van der Waals surface area contributed by atoms with Crippen molar-refractivity contribution in [3.63, 3.8) is 0 Å². The predicted molar refractivity (Wildman–Crippen MR) is 153 cm³/mol. The zero-order valence-electron chi connectivity index (χ0n) is 21.6. The summed E-state index contributed by atoms with van der Waals surface area (Å²) in [5, 5.41) is 0. The molecule has 6 rings (SSSR count). The van der Waals surface area contributed by atoms with Crippen LogP contribution in [0, 0.1) is 39.5 Å². The normalized spacial score (nSPS) is 23.4. The molecule has 0 spiro atoms. The molecule has 182 valence electrons. The molecular formula is C30H40Cl2HfSi. The van der Waals surface area contributed by atoms with E-state index in [-0.39, 0.29) is 24.8 Å². The van der Waals surface area contributed by atoms with Crippen molar-refractivity contribution < 1.29 is 17.1 Å². The SMILES string of the molecule is Cc1ccc(C)c2c1C=C(C1CC1)[CH]2[Hf]([CH3])([CH3])(=[SiH2])[CH]1C(C2CC2)=Cc2c(C)ccc(C)c21.Cl.Cl. The van der Waals surface area contributed by atoms with E-state index < -0.39 is 17.1 Å². The molecule has 2 aromatic carbocycles. The van der Waals surface area contributed by atoms with Crippen molar-refractivity contribution in [2.24, 2.45) is 11.8 Å². The zero-order chi connectivity index (χ0) is 22.6. The number of aryl methyl sites for hydroxylation is 4. The van der Waals surface area contributed by atoms with Crippen LogP contribution in [0.4, 0.5) is 0 Å². The minimum absolute atomic E-state index is 0. The van der Waals surface area contributed by atoms with E-state index in [4.69, 9.17) is 0 Å². The molecule has 0 aliphatic heterocycles. The van der Waals surface area contributed by atoms with Crippen LogP contribution in [0.5, 0.6) is 0 Å². The molecular weight excluding hydrogens is 638 g/mol. The van der Waals surface area contributed by atoms with Crippen LogP contribution in [0.15, 0.2) is 35.4 Å². The van der Waals surface area contributed by atoms with Gasteiger partial charge in [0, 0.05) is 0 Å². The van der Waals surface area contributed by atoms with E-state index in [0.717, 1.165) is 11.8 Å². The summed E-state index contributed by atoms with van der Waals surface area (Å²) in [5.74, 6) is 1.69. The van der Waals surface area contributed by atoms with Crippen molar-refractivity contribution in [1.82, 2.24) is 0 Å². The van der Waals surface area contributed by atoms with Gasteiger partial charge in [-0.1, -0.05) is 0 Å². The van der Waals surface area contributed by atoms with Crippen molar-refractivity contribution in [3.05, 3.63) is 79.9 Å². The first kappa shape index (κ1) is 26.6. The molecule has 4 aliphatic rings. The average Bonchev–Trinajstić information content (AvgIpc) is 3.66. The molecule has 0 bridgehead atoms. The number of rotatable bonds is 4. The van der Waals surface area contributed by atoms with Gasteiger partial charge in [0.25, 0.3) is 0 Å². The number of allylic oxidation sites excluding steroid dienone is 2. The smallest absolute Gasteiger partial charge is 0.147 e. The Kier molecular flexibility index (Phi) is 6.72. The third-order valence-corrected chi connectivity index (χ3v) is 34.1. The Balaban J connectivity index is 0.00000137. The summed E-state index contributed by atoms with van der Waals surface area (Å²) in [4.78, 5) is 0. The van der Waals surface area contributed by atoms with Crippen molar-refractivity contribution in [3.8, 4) is 0 Å². The van der Waals surface area contributed by atoms with Crippen LogP contribution in [0.25, 0.3) is 12.2 Å². The van der Waals surface area contributed by atoms with Crippen LogP contribution in [-0.4, -0.2) is 6.94 Å². The molecule has 0 aromatic heterocycles. The predicted octanol–water partition coefficient (Wildman–Crippen LogP) is 8.49. The second-order valence-corrected chi connectivity index (χ2v) is 56.2. The van der Waals surface area contributed by atoms with Gasteiger partial charge in [0.15, 0.2) is 0 Å². The molecule has 4 heteroatoms. The quantitative estimate of drug-likeness (QED) is 0.285. The van der Waals surface area contributed by atoms with Gasteiger partial charge in [0.05, 0.1) is 0 Å². The summed E-state index contributed by atoms with van der Waals surface area (Å²) in [6.45, 7) is 12.0. The molecule has 34 heavy (non-hydrogen) atoms. The molecule has 2 fully saturated rings. The maximum Gasteiger partial charge on any atom is -0.147 e. The average molecular weight is 678 g/mol. The Morgan fingerprint density at radius 3 is 1.26 bits per heavy atom. The number of fused-ring (bicyclic) bond motifs is 2. The fourth-order valence-corrected chi connectivity index (χ4v) is 35.6. The maximum atomic E-state index is 2.85. The van der Waals surface area contributed by atoms with Gasteiger partial charge in [0.1, 0.15) is 0 Å². The molecule has 4 aliphatic carbocycles. The van der Waals surface area contributed by atoms with Crippen LogP contribution >= 0.6 is 24.8 Å². The first-order valence-electron chi connectivity index (χ1n) is 12.8. The van der Waals surface area contributed by atoms with Gasteiger partial charge in [-0.25, -0.2) is 0 Å². The van der Waals surface area contributed by atoms with E-state index in [1.807, 2.05) is 11.1 Å². The third-order valence-electron chi connectivity index (χ3n) is 9.31. The fraction of sp³-hybridized carbons (Fsp3) is 0.467. The van der Waals surface area contributed by atoms with Crippen LogP contribution in [0.2, 0.25) is 9.36 Å². The van der Waals surface area contributed by atoms with Crippen LogP contribution < -0.4 is 0 Å². The number of hydrogen-bond acceptors (Lipinski definition) is 0. The first-order chi connectivity index (χ1) is 15.1. The van der Waals surface area contributed by atoms with E-state index in [1.54, 1.807) is 22.3 Å². The second kappa shape index (κ2) is 8.57. The van der Waals surface area contributed by atoms with Gasteiger partial charge >= 0.3 is 198 Å². The number of halogens is 2. The topological polar surface area (TPSA) is 0 Å². The van der Waals surface area contributed by atoms with Gasteiger partial charge < -0.3 is 0 Å². The third kappa shape index (κ3) is 3.85. The number of benzene rings is 2. The Morgan fingerprint density at radius 2 is 0.941 bits per heavy atom. The molecule has 0 heterocycles. The van der Waals surface area contributed by atoms with Crippen molar-refractivity contribution >= 4 is 43.9 Å². The monoisotopic (exact) mass is 678 g/mol.